The van der Waals surface area contributed by atoms with Gasteiger partial charge in [0.1, 0.15) is 0 Å². The second-order valence-corrected chi connectivity index (χ2v) is 5.41. The maximum Gasteiger partial charge on any atom is 0.167 e. The largest absolute Gasteiger partial charge is 0.294 e. The quantitative estimate of drug-likeness (QED) is 0.668. The number of nitrogens with zero attached hydrogens (tertiary/aromatic N) is 1. The number of carbonyl (C=O) groups excluding carboxylic acids is 1. The molecule has 104 valence electrons. The standard InChI is InChI=1S/C19H17NO/c1-13-7-8-16(14(2)11-13)19(21)12-15-9-10-20-18-6-4-3-5-17(15)18/h3-11H,12H2,1-2H3. The van der Waals surface area contributed by atoms with Crippen LogP contribution in [0.5, 0.6) is 0 Å². The van der Waals surface area contributed by atoms with E-state index in [1.165, 1.54) is 5.56 Å². The molecule has 0 atom stereocenters. The van der Waals surface area contributed by atoms with Gasteiger partial charge in [0.2, 0.25) is 0 Å². The van der Waals surface area contributed by atoms with Crippen molar-refractivity contribution in [2.45, 2.75) is 20.3 Å². The molecule has 0 aliphatic rings. The van der Waals surface area contributed by atoms with Gasteiger partial charge in [-0.05, 0) is 37.1 Å². The molecule has 0 fully saturated rings. The van der Waals surface area contributed by atoms with E-state index in [2.05, 4.69) is 11.1 Å². The van der Waals surface area contributed by atoms with Crippen molar-refractivity contribution in [2.24, 2.45) is 0 Å². The third kappa shape index (κ3) is 2.70. The molecule has 2 aromatic carbocycles. The first-order valence-corrected chi connectivity index (χ1v) is 7.08. The van der Waals surface area contributed by atoms with Crippen LogP contribution in [0.2, 0.25) is 0 Å². The summed E-state index contributed by atoms with van der Waals surface area (Å²) in [4.78, 5) is 16.9. The third-order valence-corrected chi connectivity index (χ3v) is 3.77. The summed E-state index contributed by atoms with van der Waals surface area (Å²) in [5.41, 5.74) is 4.99. The number of rotatable bonds is 3. The Morgan fingerprint density at radius 2 is 1.86 bits per heavy atom. The van der Waals surface area contributed by atoms with Gasteiger partial charge in [-0.3, -0.25) is 9.78 Å². The average Bonchev–Trinajstić information content (AvgIpc) is 2.47. The highest BCUT2D eigenvalue weighted by atomic mass is 16.1. The van der Waals surface area contributed by atoms with Gasteiger partial charge in [-0.25, -0.2) is 0 Å². The molecule has 0 aliphatic heterocycles. The van der Waals surface area contributed by atoms with E-state index in [4.69, 9.17) is 0 Å². The number of aromatic nitrogens is 1. The summed E-state index contributed by atoms with van der Waals surface area (Å²) in [7, 11) is 0. The lowest BCUT2D eigenvalue weighted by Gasteiger charge is -2.08. The minimum Gasteiger partial charge on any atom is -0.294 e. The van der Waals surface area contributed by atoms with Gasteiger partial charge in [0.15, 0.2) is 5.78 Å². The van der Waals surface area contributed by atoms with Crippen molar-refractivity contribution in [3.8, 4) is 0 Å². The highest BCUT2D eigenvalue weighted by molar-refractivity contribution is 6.00. The molecule has 0 unspecified atom stereocenters. The van der Waals surface area contributed by atoms with Crippen LogP contribution in [0.25, 0.3) is 10.9 Å². The first-order valence-electron chi connectivity index (χ1n) is 7.08. The van der Waals surface area contributed by atoms with E-state index in [0.29, 0.717) is 6.42 Å². The molecular formula is C19H17NO. The molecule has 21 heavy (non-hydrogen) atoms. The molecule has 0 spiro atoms. The molecule has 0 radical (unpaired) electrons. The van der Waals surface area contributed by atoms with Crippen molar-refractivity contribution >= 4 is 16.7 Å². The number of fused-ring (bicyclic) bond motifs is 1. The molecule has 0 saturated carbocycles. The second kappa shape index (κ2) is 5.49. The fourth-order valence-corrected chi connectivity index (χ4v) is 2.70. The molecule has 2 heteroatoms. The van der Waals surface area contributed by atoms with Crippen LogP contribution in [-0.4, -0.2) is 10.8 Å². The smallest absolute Gasteiger partial charge is 0.167 e. The molecule has 0 N–H and O–H groups in total. The third-order valence-electron chi connectivity index (χ3n) is 3.77. The first-order chi connectivity index (χ1) is 10.1. The minimum atomic E-state index is 0.156. The van der Waals surface area contributed by atoms with Crippen molar-refractivity contribution in [1.82, 2.24) is 4.98 Å². The number of ketones is 1. The summed E-state index contributed by atoms with van der Waals surface area (Å²) < 4.78 is 0. The maximum absolute atomic E-state index is 12.6. The van der Waals surface area contributed by atoms with E-state index in [1.807, 2.05) is 56.3 Å². The number of hydrogen-bond acceptors (Lipinski definition) is 2. The molecule has 1 heterocycles. The van der Waals surface area contributed by atoms with E-state index < -0.39 is 0 Å². The summed E-state index contributed by atoms with van der Waals surface area (Å²) in [6.07, 6.45) is 2.18. The summed E-state index contributed by atoms with van der Waals surface area (Å²) in [5, 5.41) is 1.05. The Morgan fingerprint density at radius 3 is 2.67 bits per heavy atom. The summed E-state index contributed by atoms with van der Waals surface area (Å²) in [5.74, 6) is 0.156. The van der Waals surface area contributed by atoms with Gasteiger partial charge in [-0.2, -0.15) is 0 Å². The van der Waals surface area contributed by atoms with Crippen LogP contribution >= 0.6 is 0 Å². The SMILES string of the molecule is Cc1ccc(C(=O)Cc2ccnc3ccccc23)c(C)c1. The Hall–Kier alpha value is -2.48. The van der Waals surface area contributed by atoms with Crippen LogP contribution in [0.15, 0.2) is 54.7 Å². The Bertz CT molecular complexity index is 815. The number of para-hydroxylation sites is 1. The topological polar surface area (TPSA) is 30.0 Å². The van der Waals surface area contributed by atoms with Crippen molar-refractivity contribution in [2.75, 3.05) is 0 Å². The van der Waals surface area contributed by atoms with Crippen molar-refractivity contribution < 1.29 is 4.79 Å². The number of aryl methyl sites for hydroxylation is 2. The van der Waals surface area contributed by atoms with E-state index in [9.17, 15) is 4.79 Å². The predicted octanol–water partition coefficient (Wildman–Crippen LogP) is 4.28. The summed E-state index contributed by atoms with van der Waals surface area (Å²) in [6.45, 7) is 4.03. The Kier molecular flexibility index (Phi) is 3.53. The average molecular weight is 275 g/mol. The number of hydrogen-bond donors (Lipinski definition) is 0. The zero-order valence-corrected chi connectivity index (χ0v) is 12.3. The summed E-state index contributed by atoms with van der Waals surface area (Å²) >= 11 is 0. The lowest BCUT2D eigenvalue weighted by molar-refractivity contribution is 0.0992. The van der Waals surface area contributed by atoms with E-state index in [1.54, 1.807) is 6.20 Å². The van der Waals surface area contributed by atoms with Gasteiger partial charge < -0.3 is 0 Å². The molecule has 0 bridgehead atoms. The number of carbonyl (C=O) groups is 1. The first kappa shape index (κ1) is 13.5. The maximum atomic E-state index is 12.6. The molecule has 3 aromatic rings. The van der Waals surface area contributed by atoms with Crippen LogP contribution in [0.3, 0.4) is 0 Å². The zero-order valence-electron chi connectivity index (χ0n) is 12.3. The number of Topliss-reactive ketones (excluding diaryl/α,β-unsaturated/α-hetero) is 1. The Morgan fingerprint density at radius 1 is 1.05 bits per heavy atom. The van der Waals surface area contributed by atoms with Crippen molar-refractivity contribution in [3.05, 3.63) is 77.0 Å². The van der Waals surface area contributed by atoms with Crippen LogP contribution < -0.4 is 0 Å². The molecule has 0 saturated heterocycles. The monoisotopic (exact) mass is 275 g/mol. The fraction of sp³-hybridized carbons (Fsp3) is 0.158. The number of pyridine rings is 1. The Balaban J connectivity index is 1.97. The molecule has 1 aromatic heterocycles. The summed E-state index contributed by atoms with van der Waals surface area (Å²) in [6, 6.07) is 15.8. The van der Waals surface area contributed by atoms with Crippen LogP contribution in [0, 0.1) is 13.8 Å². The minimum absolute atomic E-state index is 0.156. The molecule has 0 aliphatic carbocycles. The number of benzene rings is 2. The van der Waals surface area contributed by atoms with Gasteiger partial charge in [-0.15, -0.1) is 0 Å². The van der Waals surface area contributed by atoms with Crippen molar-refractivity contribution in [3.63, 3.8) is 0 Å². The lowest BCUT2D eigenvalue weighted by atomic mass is 9.96. The Labute approximate surface area is 124 Å². The van der Waals surface area contributed by atoms with Crippen LogP contribution in [0.4, 0.5) is 0 Å². The highest BCUT2D eigenvalue weighted by Crippen LogP contribution is 2.19. The van der Waals surface area contributed by atoms with Gasteiger partial charge in [0, 0.05) is 23.6 Å². The molecular weight excluding hydrogens is 258 g/mol. The van der Waals surface area contributed by atoms with Gasteiger partial charge in [-0.1, -0.05) is 42.0 Å². The molecule has 2 nitrogen and oxygen atoms in total. The zero-order chi connectivity index (χ0) is 14.8. The van der Waals surface area contributed by atoms with Gasteiger partial charge in [0.05, 0.1) is 5.52 Å². The van der Waals surface area contributed by atoms with E-state index >= 15 is 0 Å². The lowest BCUT2D eigenvalue weighted by Crippen LogP contribution is -2.06. The molecule has 0 amide bonds. The fourth-order valence-electron chi connectivity index (χ4n) is 2.70. The second-order valence-electron chi connectivity index (χ2n) is 5.41. The van der Waals surface area contributed by atoms with E-state index in [-0.39, 0.29) is 5.78 Å². The molecule has 3 rings (SSSR count). The van der Waals surface area contributed by atoms with E-state index in [0.717, 1.165) is 27.6 Å². The van der Waals surface area contributed by atoms with Crippen molar-refractivity contribution in [1.29, 1.82) is 0 Å². The normalized spacial score (nSPS) is 10.8. The van der Waals surface area contributed by atoms with Gasteiger partial charge >= 0.3 is 0 Å². The van der Waals surface area contributed by atoms with Crippen LogP contribution in [-0.2, 0) is 6.42 Å². The predicted molar refractivity (Wildman–Crippen MR) is 85.7 cm³/mol. The van der Waals surface area contributed by atoms with Crippen LogP contribution in [0.1, 0.15) is 27.0 Å². The van der Waals surface area contributed by atoms with Gasteiger partial charge in [0.25, 0.3) is 0 Å². The highest BCUT2D eigenvalue weighted by Gasteiger charge is 2.12.